The van der Waals surface area contributed by atoms with Crippen molar-refractivity contribution in [2.75, 3.05) is 13.2 Å². The molecule has 100 valence electrons. The summed E-state index contributed by atoms with van der Waals surface area (Å²) >= 11 is 0. The Balaban J connectivity index is 1.82. The van der Waals surface area contributed by atoms with Gasteiger partial charge in [-0.1, -0.05) is 36.8 Å². The third kappa shape index (κ3) is 3.82. The summed E-state index contributed by atoms with van der Waals surface area (Å²) in [5, 5.41) is 12.5. The second-order valence-corrected chi connectivity index (χ2v) is 5.32. The molecule has 0 aliphatic heterocycles. The van der Waals surface area contributed by atoms with Crippen LogP contribution in [0.25, 0.3) is 0 Å². The largest absolute Gasteiger partial charge is 0.396 e. The maximum atomic E-state index is 8.77. The van der Waals surface area contributed by atoms with Crippen molar-refractivity contribution in [3.63, 3.8) is 0 Å². The van der Waals surface area contributed by atoms with E-state index in [9.17, 15) is 0 Å². The highest BCUT2D eigenvalue weighted by Gasteiger charge is 2.27. The molecule has 1 fully saturated rings. The SMILES string of the molecule is OCCCCCNC(c1ccccc1)C1CCC1. The predicted octanol–water partition coefficient (Wildman–Crippen LogP) is 3.28. The van der Waals surface area contributed by atoms with Crippen LogP contribution in [0.4, 0.5) is 0 Å². The van der Waals surface area contributed by atoms with E-state index in [1.165, 1.54) is 24.8 Å². The molecule has 0 saturated heterocycles. The van der Waals surface area contributed by atoms with Crippen LogP contribution in [-0.2, 0) is 0 Å². The molecule has 0 spiro atoms. The lowest BCUT2D eigenvalue weighted by Crippen LogP contribution is -2.32. The van der Waals surface area contributed by atoms with Crippen molar-refractivity contribution in [2.45, 2.75) is 44.6 Å². The summed E-state index contributed by atoms with van der Waals surface area (Å²) in [5.41, 5.74) is 1.43. The summed E-state index contributed by atoms with van der Waals surface area (Å²) in [6.45, 7) is 1.39. The molecule has 0 amide bonds. The maximum Gasteiger partial charge on any atom is 0.0431 e. The first-order chi connectivity index (χ1) is 8.92. The summed E-state index contributed by atoms with van der Waals surface area (Å²) in [4.78, 5) is 0. The van der Waals surface area contributed by atoms with Gasteiger partial charge in [0, 0.05) is 12.6 Å². The van der Waals surface area contributed by atoms with E-state index in [1.807, 2.05) is 0 Å². The number of hydrogen-bond acceptors (Lipinski definition) is 2. The second-order valence-electron chi connectivity index (χ2n) is 5.32. The van der Waals surface area contributed by atoms with Gasteiger partial charge in [0.15, 0.2) is 0 Å². The Morgan fingerprint density at radius 3 is 2.50 bits per heavy atom. The van der Waals surface area contributed by atoms with Crippen molar-refractivity contribution in [2.24, 2.45) is 5.92 Å². The van der Waals surface area contributed by atoms with Gasteiger partial charge in [-0.05, 0) is 50.1 Å². The van der Waals surface area contributed by atoms with Gasteiger partial charge >= 0.3 is 0 Å². The quantitative estimate of drug-likeness (QED) is 0.691. The van der Waals surface area contributed by atoms with Crippen molar-refractivity contribution >= 4 is 0 Å². The van der Waals surface area contributed by atoms with Crippen LogP contribution in [0.3, 0.4) is 0 Å². The Kier molecular flexibility index (Phi) is 5.69. The first-order valence-corrected chi connectivity index (χ1v) is 7.31. The standard InChI is InChI=1S/C16H25NO/c18-13-6-2-5-12-17-16(15-10-7-11-15)14-8-3-1-4-9-14/h1,3-4,8-9,15-18H,2,5-7,10-13H2. The van der Waals surface area contributed by atoms with Crippen molar-refractivity contribution in [3.05, 3.63) is 35.9 Å². The van der Waals surface area contributed by atoms with Crippen molar-refractivity contribution in [1.29, 1.82) is 0 Å². The Hall–Kier alpha value is -0.860. The molecule has 2 heteroatoms. The summed E-state index contributed by atoms with van der Waals surface area (Å²) in [7, 11) is 0. The van der Waals surface area contributed by atoms with E-state index in [4.69, 9.17) is 5.11 Å². The molecule has 1 aromatic carbocycles. The zero-order valence-corrected chi connectivity index (χ0v) is 11.1. The summed E-state index contributed by atoms with van der Waals surface area (Å²) < 4.78 is 0. The van der Waals surface area contributed by atoms with E-state index < -0.39 is 0 Å². The van der Waals surface area contributed by atoms with E-state index in [-0.39, 0.29) is 0 Å². The Morgan fingerprint density at radius 1 is 1.11 bits per heavy atom. The van der Waals surface area contributed by atoms with Gasteiger partial charge in [-0.2, -0.15) is 0 Å². The minimum atomic E-state index is 0.324. The van der Waals surface area contributed by atoms with Gasteiger partial charge in [0.25, 0.3) is 0 Å². The fraction of sp³-hybridized carbons (Fsp3) is 0.625. The minimum Gasteiger partial charge on any atom is -0.396 e. The fourth-order valence-corrected chi connectivity index (χ4v) is 2.66. The molecule has 18 heavy (non-hydrogen) atoms. The minimum absolute atomic E-state index is 0.324. The number of aliphatic hydroxyl groups excluding tert-OH is 1. The average Bonchev–Trinajstić information content (AvgIpc) is 2.36. The van der Waals surface area contributed by atoms with Gasteiger partial charge in [0.2, 0.25) is 0 Å². The number of unbranched alkanes of at least 4 members (excludes halogenated alkanes) is 2. The number of hydrogen-bond donors (Lipinski definition) is 2. The highest BCUT2D eigenvalue weighted by atomic mass is 16.2. The van der Waals surface area contributed by atoms with Gasteiger partial charge in [0.1, 0.15) is 0 Å². The number of rotatable bonds is 8. The van der Waals surface area contributed by atoms with Crippen LogP contribution < -0.4 is 5.32 Å². The topological polar surface area (TPSA) is 32.3 Å². The van der Waals surface area contributed by atoms with Crippen LogP contribution in [0.15, 0.2) is 30.3 Å². The van der Waals surface area contributed by atoms with Gasteiger partial charge in [0.05, 0.1) is 0 Å². The Morgan fingerprint density at radius 2 is 1.89 bits per heavy atom. The summed E-state index contributed by atoms with van der Waals surface area (Å²) in [5.74, 6) is 0.824. The molecule has 1 unspecified atom stereocenters. The molecule has 2 rings (SSSR count). The molecule has 2 nitrogen and oxygen atoms in total. The van der Waals surface area contributed by atoms with E-state index in [1.54, 1.807) is 0 Å². The molecular formula is C16H25NO. The molecule has 0 radical (unpaired) electrons. The lowest BCUT2D eigenvalue weighted by molar-refractivity contribution is 0.229. The fourth-order valence-electron chi connectivity index (χ4n) is 2.66. The summed E-state index contributed by atoms with van der Waals surface area (Å²) in [6, 6.07) is 11.4. The van der Waals surface area contributed by atoms with Crippen LogP contribution in [-0.4, -0.2) is 18.3 Å². The second kappa shape index (κ2) is 7.55. The van der Waals surface area contributed by atoms with Gasteiger partial charge in [-0.25, -0.2) is 0 Å². The van der Waals surface area contributed by atoms with Crippen molar-refractivity contribution < 1.29 is 5.11 Å². The smallest absolute Gasteiger partial charge is 0.0431 e. The number of benzene rings is 1. The van der Waals surface area contributed by atoms with Crippen molar-refractivity contribution in [1.82, 2.24) is 5.32 Å². The summed E-state index contributed by atoms with van der Waals surface area (Å²) in [6.07, 6.45) is 7.33. The van der Waals surface area contributed by atoms with E-state index >= 15 is 0 Å². The highest BCUT2D eigenvalue weighted by Crippen LogP contribution is 2.37. The van der Waals surface area contributed by atoms with Crippen LogP contribution in [0.1, 0.15) is 50.1 Å². The van der Waals surface area contributed by atoms with E-state index in [0.717, 1.165) is 31.7 Å². The zero-order chi connectivity index (χ0) is 12.6. The van der Waals surface area contributed by atoms with Crippen LogP contribution >= 0.6 is 0 Å². The zero-order valence-electron chi connectivity index (χ0n) is 11.1. The molecule has 1 saturated carbocycles. The predicted molar refractivity (Wildman–Crippen MR) is 75.5 cm³/mol. The third-order valence-electron chi connectivity index (χ3n) is 3.98. The third-order valence-corrected chi connectivity index (χ3v) is 3.98. The van der Waals surface area contributed by atoms with Crippen LogP contribution in [0.2, 0.25) is 0 Å². The van der Waals surface area contributed by atoms with Gasteiger partial charge in [-0.3, -0.25) is 0 Å². The molecule has 0 bridgehead atoms. The molecular weight excluding hydrogens is 222 g/mol. The molecule has 0 heterocycles. The van der Waals surface area contributed by atoms with Crippen molar-refractivity contribution in [3.8, 4) is 0 Å². The monoisotopic (exact) mass is 247 g/mol. The molecule has 0 aromatic heterocycles. The Labute approximate surface area is 110 Å². The van der Waals surface area contributed by atoms with Gasteiger partial charge < -0.3 is 10.4 Å². The Bertz CT molecular complexity index is 321. The van der Waals surface area contributed by atoms with E-state index in [2.05, 4.69) is 35.6 Å². The van der Waals surface area contributed by atoms with Crippen LogP contribution in [0.5, 0.6) is 0 Å². The number of nitrogens with one attached hydrogen (secondary N) is 1. The van der Waals surface area contributed by atoms with Crippen LogP contribution in [0, 0.1) is 5.92 Å². The number of aliphatic hydroxyl groups is 1. The molecule has 2 N–H and O–H groups in total. The normalized spacial score (nSPS) is 17.4. The molecule has 1 aromatic rings. The first-order valence-electron chi connectivity index (χ1n) is 7.31. The lowest BCUT2D eigenvalue weighted by Gasteiger charge is -2.35. The highest BCUT2D eigenvalue weighted by molar-refractivity contribution is 5.20. The maximum absolute atomic E-state index is 8.77. The average molecular weight is 247 g/mol. The van der Waals surface area contributed by atoms with E-state index in [0.29, 0.717) is 12.6 Å². The first kappa shape index (κ1) is 13.6. The van der Waals surface area contributed by atoms with Gasteiger partial charge in [-0.15, -0.1) is 0 Å². The molecule has 1 aliphatic rings. The lowest BCUT2D eigenvalue weighted by atomic mass is 9.77. The molecule has 1 atom stereocenters. The molecule has 1 aliphatic carbocycles.